The van der Waals surface area contributed by atoms with Gasteiger partial charge in [0, 0.05) is 30.1 Å². The van der Waals surface area contributed by atoms with Gasteiger partial charge in [0.2, 0.25) is 0 Å². The topological polar surface area (TPSA) is 28.2 Å². The summed E-state index contributed by atoms with van der Waals surface area (Å²) in [6.45, 7) is 9.83. The molecule has 1 saturated heterocycles. The second-order valence-corrected chi connectivity index (χ2v) is 6.39. The summed E-state index contributed by atoms with van der Waals surface area (Å²) in [5.74, 6) is 0. The fraction of sp³-hybridized carbons (Fsp3) is 0.786. The monoisotopic (exact) mass is 267 g/mol. The highest BCUT2D eigenvalue weighted by atomic mass is 32.1. The summed E-state index contributed by atoms with van der Waals surface area (Å²) in [5.41, 5.74) is 1.18. The van der Waals surface area contributed by atoms with Crippen molar-refractivity contribution >= 4 is 16.5 Å². The minimum atomic E-state index is 0.518. The summed E-state index contributed by atoms with van der Waals surface area (Å²) in [4.78, 5) is 7.33. The van der Waals surface area contributed by atoms with Crippen LogP contribution in [0.2, 0.25) is 0 Å². The smallest absolute Gasteiger partial charge is 0.186 e. The Hall–Kier alpha value is -0.610. The molecule has 2 atom stereocenters. The van der Waals surface area contributed by atoms with Crippen LogP contribution in [0.1, 0.15) is 52.7 Å². The average molecular weight is 267 g/mol. The van der Waals surface area contributed by atoms with Gasteiger partial charge in [-0.05, 0) is 26.2 Å². The van der Waals surface area contributed by atoms with Crippen molar-refractivity contribution < 1.29 is 0 Å². The quantitative estimate of drug-likeness (QED) is 0.886. The third kappa shape index (κ3) is 3.04. The van der Waals surface area contributed by atoms with Crippen molar-refractivity contribution in [1.29, 1.82) is 0 Å². The molecule has 1 N–H and O–H groups in total. The Morgan fingerprint density at radius 2 is 2.28 bits per heavy atom. The van der Waals surface area contributed by atoms with E-state index in [1.54, 1.807) is 11.3 Å². The Morgan fingerprint density at radius 1 is 1.50 bits per heavy atom. The Balaban J connectivity index is 2.04. The largest absolute Gasteiger partial charge is 0.342 e. The van der Waals surface area contributed by atoms with Crippen LogP contribution in [0.5, 0.6) is 0 Å². The molecule has 2 heterocycles. The van der Waals surface area contributed by atoms with Crippen LogP contribution in [0, 0.1) is 0 Å². The molecule has 1 aromatic heterocycles. The third-order valence-corrected chi connectivity index (χ3v) is 4.61. The molecular weight excluding hydrogens is 242 g/mol. The first-order chi connectivity index (χ1) is 8.61. The zero-order chi connectivity index (χ0) is 13.1. The van der Waals surface area contributed by atoms with Crippen LogP contribution in [-0.4, -0.2) is 23.1 Å². The Bertz CT molecular complexity index is 375. The normalized spacial score (nSPS) is 24.2. The molecule has 102 valence electrons. The first kappa shape index (κ1) is 13.8. The molecule has 0 radical (unpaired) electrons. The zero-order valence-electron chi connectivity index (χ0n) is 11.9. The van der Waals surface area contributed by atoms with Crippen LogP contribution in [-0.2, 0) is 6.54 Å². The van der Waals surface area contributed by atoms with E-state index in [-0.39, 0.29) is 0 Å². The maximum Gasteiger partial charge on any atom is 0.186 e. The molecule has 0 aliphatic carbocycles. The highest BCUT2D eigenvalue weighted by molar-refractivity contribution is 7.13. The van der Waals surface area contributed by atoms with Crippen molar-refractivity contribution in [2.24, 2.45) is 0 Å². The summed E-state index contributed by atoms with van der Waals surface area (Å²) in [7, 11) is 0. The number of nitrogens with one attached hydrogen (secondary N) is 1. The van der Waals surface area contributed by atoms with E-state index in [0.717, 1.165) is 6.54 Å². The predicted molar refractivity (Wildman–Crippen MR) is 79.3 cm³/mol. The van der Waals surface area contributed by atoms with E-state index in [1.165, 1.54) is 30.1 Å². The first-order valence-corrected chi connectivity index (χ1v) is 7.96. The Kier molecular flexibility index (Phi) is 4.62. The lowest BCUT2D eigenvalue weighted by Gasteiger charge is -2.27. The fourth-order valence-electron chi connectivity index (χ4n) is 2.62. The third-order valence-electron chi connectivity index (χ3n) is 3.71. The standard InChI is InChI=1S/C14H25N3S/c1-5-13-7-6-11(4)17(13)14-16-12(9-18-14)8-15-10(2)3/h9-11,13,15H,5-8H2,1-4H3. The van der Waals surface area contributed by atoms with Crippen LogP contribution in [0.4, 0.5) is 5.13 Å². The molecule has 0 saturated carbocycles. The zero-order valence-corrected chi connectivity index (χ0v) is 12.8. The number of thiazole rings is 1. The molecule has 1 fully saturated rings. The van der Waals surface area contributed by atoms with Gasteiger partial charge in [0.05, 0.1) is 5.69 Å². The van der Waals surface area contributed by atoms with Crippen LogP contribution in [0.3, 0.4) is 0 Å². The Morgan fingerprint density at radius 3 is 2.94 bits per heavy atom. The molecule has 18 heavy (non-hydrogen) atoms. The molecule has 0 bridgehead atoms. The van der Waals surface area contributed by atoms with Gasteiger partial charge in [0.25, 0.3) is 0 Å². The summed E-state index contributed by atoms with van der Waals surface area (Å²) in [5, 5.41) is 6.84. The van der Waals surface area contributed by atoms with Crippen molar-refractivity contribution in [3.05, 3.63) is 11.1 Å². The van der Waals surface area contributed by atoms with Gasteiger partial charge in [0.1, 0.15) is 0 Å². The van der Waals surface area contributed by atoms with Crippen LogP contribution in [0.15, 0.2) is 5.38 Å². The van der Waals surface area contributed by atoms with Gasteiger partial charge in [-0.25, -0.2) is 4.98 Å². The molecule has 1 aliphatic rings. The Labute approximate surface area is 115 Å². The van der Waals surface area contributed by atoms with Crippen molar-refractivity contribution in [3.8, 4) is 0 Å². The van der Waals surface area contributed by atoms with E-state index in [1.807, 2.05) is 0 Å². The molecule has 0 amide bonds. The minimum absolute atomic E-state index is 0.518. The number of hydrogen-bond acceptors (Lipinski definition) is 4. The number of aromatic nitrogens is 1. The van der Waals surface area contributed by atoms with Gasteiger partial charge in [0.15, 0.2) is 5.13 Å². The molecule has 2 unspecified atom stereocenters. The van der Waals surface area contributed by atoms with E-state index in [4.69, 9.17) is 4.98 Å². The summed E-state index contributed by atoms with van der Waals surface area (Å²) < 4.78 is 0. The molecule has 4 heteroatoms. The van der Waals surface area contributed by atoms with Gasteiger partial charge in [-0.3, -0.25) is 0 Å². The molecule has 3 nitrogen and oxygen atoms in total. The van der Waals surface area contributed by atoms with Gasteiger partial charge >= 0.3 is 0 Å². The van der Waals surface area contributed by atoms with Gasteiger partial charge < -0.3 is 10.2 Å². The molecule has 2 rings (SSSR count). The summed E-state index contributed by atoms with van der Waals surface area (Å²) in [6, 6.07) is 1.85. The maximum atomic E-state index is 4.79. The van der Waals surface area contributed by atoms with Crippen LogP contribution in [0.25, 0.3) is 0 Å². The van der Waals surface area contributed by atoms with E-state index in [2.05, 4.69) is 43.3 Å². The number of rotatable bonds is 5. The lowest BCUT2D eigenvalue weighted by atomic mass is 10.2. The second-order valence-electron chi connectivity index (χ2n) is 5.55. The average Bonchev–Trinajstić information content (AvgIpc) is 2.92. The fourth-order valence-corrected chi connectivity index (χ4v) is 3.62. The highest BCUT2D eigenvalue weighted by Crippen LogP contribution is 2.33. The summed E-state index contributed by atoms with van der Waals surface area (Å²) in [6.07, 6.45) is 3.85. The van der Waals surface area contributed by atoms with Crippen LogP contribution >= 0.6 is 11.3 Å². The second kappa shape index (κ2) is 6.02. The molecule has 1 aromatic rings. The highest BCUT2D eigenvalue weighted by Gasteiger charge is 2.31. The SMILES string of the molecule is CCC1CCC(C)N1c1nc(CNC(C)C)cs1. The van der Waals surface area contributed by atoms with Gasteiger partial charge in [-0.1, -0.05) is 20.8 Å². The predicted octanol–water partition coefficient (Wildman–Crippen LogP) is 3.41. The lowest BCUT2D eigenvalue weighted by Crippen LogP contribution is -2.34. The number of hydrogen-bond donors (Lipinski definition) is 1. The van der Waals surface area contributed by atoms with E-state index in [9.17, 15) is 0 Å². The number of nitrogens with zero attached hydrogens (tertiary/aromatic N) is 2. The van der Waals surface area contributed by atoms with E-state index >= 15 is 0 Å². The molecule has 0 spiro atoms. The van der Waals surface area contributed by atoms with Crippen molar-refractivity contribution in [3.63, 3.8) is 0 Å². The molecule has 0 aromatic carbocycles. The lowest BCUT2D eigenvalue weighted by molar-refractivity contribution is 0.580. The molecular formula is C14H25N3S. The van der Waals surface area contributed by atoms with E-state index in [0.29, 0.717) is 18.1 Å². The number of anilines is 1. The van der Waals surface area contributed by atoms with Crippen molar-refractivity contribution in [1.82, 2.24) is 10.3 Å². The minimum Gasteiger partial charge on any atom is -0.342 e. The van der Waals surface area contributed by atoms with Crippen LogP contribution < -0.4 is 10.2 Å². The van der Waals surface area contributed by atoms with Crippen molar-refractivity contribution in [2.75, 3.05) is 4.90 Å². The first-order valence-electron chi connectivity index (χ1n) is 7.08. The van der Waals surface area contributed by atoms with Crippen molar-refractivity contribution in [2.45, 2.75) is 71.6 Å². The van der Waals surface area contributed by atoms with E-state index < -0.39 is 0 Å². The maximum absolute atomic E-state index is 4.79. The van der Waals surface area contributed by atoms with Gasteiger partial charge in [-0.2, -0.15) is 0 Å². The molecule has 1 aliphatic heterocycles. The van der Waals surface area contributed by atoms with Gasteiger partial charge in [-0.15, -0.1) is 11.3 Å². The summed E-state index contributed by atoms with van der Waals surface area (Å²) >= 11 is 1.80.